The summed E-state index contributed by atoms with van der Waals surface area (Å²) in [6, 6.07) is 7.79. The molecule has 15 heavy (non-hydrogen) atoms. The predicted octanol–water partition coefficient (Wildman–Crippen LogP) is 1.93. The van der Waals surface area contributed by atoms with Crippen LogP contribution in [0.5, 0.6) is 0 Å². The van der Waals surface area contributed by atoms with Gasteiger partial charge in [0.15, 0.2) is 0 Å². The third-order valence-corrected chi connectivity index (χ3v) is 1.85. The molecule has 1 rings (SSSR count). The van der Waals surface area contributed by atoms with Gasteiger partial charge in [-0.1, -0.05) is 18.2 Å². The number of nitro groups is 2. The Kier molecular flexibility index (Phi) is 3.12. The first kappa shape index (κ1) is 10.8. The molecule has 0 saturated heterocycles. The lowest BCUT2D eigenvalue weighted by Gasteiger charge is -1.97. The molecule has 0 N–H and O–H groups in total. The lowest BCUT2D eigenvalue weighted by Crippen LogP contribution is -2.06. The van der Waals surface area contributed by atoms with Crippen molar-refractivity contribution in [1.82, 2.24) is 0 Å². The molecule has 0 radical (unpaired) electrons. The molecular formula is C9H8N2O4. The Morgan fingerprint density at radius 1 is 1.07 bits per heavy atom. The summed E-state index contributed by atoms with van der Waals surface area (Å²) in [6.45, 7) is 1.12. The molecule has 0 unspecified atom stereocenters. The predicted molar refractivity (Wildman–Crippen MR) is 53.0 cm³/mol. The molecule has 0 fully saturated rings. The van der Waals surface area contributed by atoms with Crippen molar-refractivity contribution in [2.24, 2.45) is 0 Å². The van der Waals surface area contributed by atoms with Gasteiger partial charge in [0.25, 0.3) is 0 Å². The molecule has 0 aromatic heterocycles. The van der Waals surface area contributed by atoms with E-state index in [1.807, 2.05) is 0 Å². The molecule has 0 amide bonds. The Morgan fingerprint density at radius 2 is 1.60 bits per heavy atom. The Bertz CT molecular complexity index is 425. The number of benzene rings is 1. The third kappa shape index (κ3) is 2.37. The molecule has 0 aliphatic heterocycles. The van der Waals surface area contributed by atoms with Crippen molar-refractivity contribution >= 4 is 5.70 Å². The molecule has 0 heterocycles. The van der Waals surface area contributed by atoms with Crippen molar-refractivity contribution in [3.05, 3.63) is 61.8 Å². The van der Waals surface area contributed by atoms with Crippen molar-refractivity contribution < 1.29 is 9.85 Å². The van der Waals surface area contributed by atoms with Crippen LogP contribution in [0, 0.1) is 20.2 Å². The minimum absolute atomic E-state index is 0.233. The summed E-state index contributed by atoms with van der Waals surface area (Å²) < 4.78 is 0. The standard InChI is InChI=1S/C9H8N2O4/c1-7(10(12)13)9(11(14)15)8-5-3-2-4-6-8/h2-6H,1H3/b9-7-. The van der Waals surface area contributed by atoms with E-state index in [9.17, 15) is 20.2 Å². The van der Waals surface area contributed by atoms with Gasteiger partial charge >= 0.3 is 11.4 Å². The van der Waals surface area contributed by atoms with E-state index in [0.717, 1.165) is 6.92 Å². The van der Waals surface area contributed by atoms with Crippen LogP contribution in [-0.2, 0) is 0 Å². The van der Waals surface area contributed by atoms with Gasteiger partial charge in [0.1, 0.15) is 0 Å². The van der Waals surface area contributed by atoms with Crippen LogP contribution in [0.25, 0.3) is 5.70 Å². The van der Waals surface area contributed by atoms with Crippen LogP contribution < -0.4 is 0 Å². The minimum Gasteiger partial charge on any atom is -0.258 e. The lowest BCUT2D eigenvalue weighted by molar-refractivity contribution is -0.444. The summed E-state index contributed by atoms with van der Waals surface area (Å²) >= 11 is 0. The minimum atomic E-state index is -0.759. The van der Waals surface area contributed by atoms with Gasteiger partial charge in [0.05, 0.1) is 15.4 Å². The average Bonchev–Trinajstić information content (AvgIpc) is 2.18. The van der Waals surface area contributed by atoms with Crippen LogP contribution in [0.2, 0.25) is 0 Å². The summed E-state index contributed by atoms with van der Waals surface area (Å²) in [7, 11) is 0. The molecule has 0 saturated carbocycles. The van der Waals surface area contributed by atoms with E-state index in [2.05, 4.69) is 0 Å². The SMILES string of the molecule is C/C(=C(\c1ccccc1)[N+](=O)[O-])[N+](=O)[O-]. The van der Waals surface area contributed by atoms with Gasteiger partial charge in [0.2, 0.25) is 0 Å². The molecule has 0 atom stereocenters. The fourth-order valence-electron chi connectivity index (χ4n) is 1.13. The lowest BCUT2D eigenvalue weighted by atomic mass is 10.1. The van der Waals surface area contributed by atoms with E-state index in [4.69, 9.17) is 0 Å². The second kappa shape index (κ2) is 4.32. The molecular weight excluding hydrogens is 200 g/mol. The van der Waals surface area contributed by atoms with Crippen molar-refractivity contribution in [3.8, 4) is 0 Å². The number of hydrogen-bond acceptors (Lipinski definition) is 4. The topological polar surface area (TPSA) is 86.3 Å². The van der Waals surface area contributed by atoms with Crippen molar-refractivity contribution in [2.75, 3.05) is 0 Å². The second-order valence-corrected chi connectivity index (χ2v) is 2.81. The number of nitrogens with zero attached hydrogens (tertiary/aromatic N) is 2. The zero-order valence-corrected chi connectivity index (χ0v) is 7.91. The smallest absolute Gasteiger partial charge is 0.258 e. The quantitative estimate of drug-likeness (QED) is 0.560. The highest BCUT2D eigenvalue weighted by atomic mass is 16.6. The number of hydrogen-bond donors (Lipinski definition) is 0. The fourth-order valence-corrected chi connectivity index (χ4v) is 1.13. The maximum absolute atomic E-state index is 10.7. The van der Waals surface area contributed by atoms with E-state index in [0.29, 0.717) is 0 Å². The summed E-state index contributed by atoms with van der Waals surface area (Å²) in [4.78, 5) is 19.6. The monoisotopic (exact) mass is 208 g/mol. The first-order valence-corrected chi connectivity index (χ1v) is 4.09. The van der Waals surface area contributed by atoms with Gasteiger partial charge in [-0.2, -0.15) is 0 Å². The van der Waals surface area contributed by atoms with Crippen molar-refractivity contribution in [2.45, 2.75) is 6.92 Å². The molecule has 0 spiro atoms. The van der Waals surface area contributed by atoms with E-state index in [1.165, 1.54) is 12.1 Å². The summed E-state index contributed by atoms with van der Waals surface area (Å²) in [5.41, 5.74) is -0.705. The van der Waals surface area contributed by atoms with Crippen LogP contribution >= 0.6 is 0 Å². The fraction of sp³-hybridized carbons (Fsp3) is 0.111. The maximum Gasteiger partial charge on any atom is 0.348 e. The number of allylic oxidation sites excluding steroid dienone is 1. The molecule has 6 nitrogen and oxygen atoms in total. The molecule has 78 valence electrons. The van der Waals surface area contributed by atoms with Crippen molar-refractivity contribution in [1.29, 1.82) is 0 Å². The Morgan fingerprint density at radius 3 is 2.00 bits per heavy atom. The second-order valence-electron chi connectivity index (χ2n) is 2.81. The number of rotatable bonds is 3. The summed E-state index contributed by atoms with van der Waals surface area (Å²) in [6.07, 6.45) is 0. The Balaban J connectivity index is 3.34. The molecule has 0 aliphatic carbocycles. The zero-order valence-electron chi connectivity index (χ0n) is 7.91. The first-order chi connectivity index (χ1) is 7.04. The van der Waals surface area contributed by atoms with Crippen LogP contribution in [0.3, 0.4) is 0 Å². The van der Waals surface area contributed by atoms with Gasteiger partial charge in [-0.15, -0.1) is 0 Å². The highest BCUT2D eigenvalue weighted by Gasteiger charge is 2.25. The molecule has 0 bridgehead atoms. The Hall–Kier alpha value is -2.24. The normalized spacial score (nSPS) is 11.8. The molecule has 0 aliphatic rings. The van der Waals surface area contributed by atoms with Crippen LogP contribution in [0.1, 0.15) is 12.5 Å². The van der Waals surface area contributed by atoms with E-state index >= 15 is 0 Å². The molecule has 1 aromatic carbocycles. The Labute approximate surface area is 85.1 Å². The largest absolute Gasteiger partial charge is 0.348 e. The van der Waals surface area contributed by atoms with Gasteiger partial charge in [0, 0.05) is 6.92 Å². The van der Waals surface area contributed by atoms with Gasteiger partial charge in [-0.25, -0.2) is 0 Å². The van der Waals surface area contributed by atoms with Crippen LogP contribution in [0.15, 0.2) is 36.0 Å². The average molecular weight is 208 g/mol. The van der Waals surface area contributed by atoms with Gasteiger partial charge in [-0.3, -0.25) is 20.2 Å². The van der Waals surface area contributed by atoms with Crippen molar-refractivity contribution in [3.63, 3.8) is 0 Å². The molecule has 1 aromatic rings. The highest BCUT2D eigenvalue weighted by Crippen LogP contribution is 2.19. The van der Waals surface area contributed by atoms with Crippen LogP contribution in [-0.4, -0.2) is 9.85 Å². The van der Waals surface area contributed by atoms with Gasteiger partial charge < -0.3 is 0 Å². The highest BCUT2D eigenvalue weighted by molar-refractivity contribution is 5.59. The zero-order chi connectivity index (χ0) is 11.4. The molecule has 6 heteroatoms. The summed E-state index contributed by atoms with van der Waals surface area (Å²) in [5.74, 6) is 0. The summed E-state index contributed by atoms with van der Waals surface area (Å²) in [5, 5.41) is 21.2. The van der Waals surface area contributed by atoms with Crippen LogP contribution in [0.4, 0.5) is 0 Å². The van der Waals surface area contributed by atoms with E-state index in [-0.39, 0.29) is 5.56 Å². The maximum atomic E-state index is 10.7. The third-order valence-electron chi connectivity index (χ3n) is 1.85. The first-order valence-electron chi connectivity index (χ1n) is 4.09. The van der Waals surface area contributed by atoms with E-state index in [1.54, 1.807) is 18.2 Å². The van der Waals surface area contributed by atoms with E-state index < -0.39 is 21.2 Å². The van der Waals surface area contributed by atoms with Gasteiger partial charge in [-0.05, 0) is 12.1 Å².